The number of amides is 2. The van der Waals surface area contributed by atoms with E-state index < -0.39 is 39.3 Å². The molecule has 3 rings (SSSR count). The number of nitro benzene ring substituents is 1. The monoisotopic (exact) mass is 600 g/mol. The highest BCUT2D eigenvalue weighted by Gasteiger charge is 2.34. The highest BCUT2D eigenvalue weighted by atomic mass is 35.5. The van der Waals surface area contributed by atoms with Crippen LogP contribution in [0.2, 0.25) is 5.02 Å². The van der Waals surface area contributed by atoms with Crippen molar-refractivity contribution in [1.29, 1.82) is 0 Å². The molecule has 1 N–H and O–H groups in total. The Bertz CT molecular complexity index is 1500. The largest absolute Gasteiger partial charge is 0.352 e. The van der Waals surface area contributed by atoms with Crippen LogP contribution in [0.5, 0.6) is 0 Å². The Kier molecular flexibility index (Phi) is 10.5. The zero-order valence-electron chi connectivity index (χ0n) is 23.3. The molecule has 1 atom stereocenters. The molecule has 0 aliphatic heterocycles. The summed E-state index contributed by atoms with van der Waals surface area (Å²) in [4.78, 5) is 39.8. The van der Waals surface area contributed by atoms with E-state index in [0.717, 1.165) is 22.2 Å². The predicted octanol–water partition coefficient (Wildman–Crippen LogP) is 4.49. The van der Waals surface area contributed by atoms with Gasteiger partial charge in [-0.15, -0.1) is 0 Å². The molecule has 0 bridgehead atoms. The lowest BCUT2D eigenvalue weighted by Gasteiger charge is -2.34. The number of aryl methyl sites for hydroxylation is 1. The summed E-state index contributed by atoms with van der Waals surface area (Å²) >= 11 is 6.06. The van der Waals surface area contributed by atoms with Crippen LogP contribution in [-0.4, -0.2) is 54.9 Å². The summed E-state index contributed by atoms with van der Waals surface area (Å²) in [7, 11) is -4.07. The molecule has 0 aliphatic rings. The number of nitrogens with zero attached hydrogens (tertiary/aromatic N) is 3. The SMILES string of the molecule is Cc1ccc([N+](=O)[O-])cc1N(CC(=O)N(Cc1ccc(Cl)cc1)C(Cc1ccccc1)C(=O)NC(C)C)S(C)(=O)=O. The topological polar surface area (TPSA) is 130 Å². The second-order valence-corrected chi connectivity index (χ2v) is 12.4. The van der Waals surface area contributed by atoms with E-state index in [1.54, 1.807) is 45.0 Å². The molecule has 0 radical (unpaired) electrons. The highest BCUT2D eigenvalue weighted by Crippen LogP contribution is 2.28. The van der Waals surface area contributed by atoms with Gasteiger partial charge in [-0.05, 0) is 49.6 Å². The minimum absolute atomic E-state index is 0.00716. The van der Waals surface area contributed by atoms with Gasteiger partial charge < -0.3 is 10.2 Å². The van der Waals surface area contributed by atoms with Crippen molar-refractivity contribution in [3.05, 3.63) is 105 Å². The van der Waals surface area contributed by atoms with Crippen LogP contribution < -0.4 is 9.62 Å². The second kappa shape index (κ2) is 13.6. The fourth-order valence-corrected chi connectivity index (χ4v) is 5.32. The predicted molar refractivity (Wildman–Crippen MR) is 159 cm³/mol. The van der Waals surface area contributed by atoms with Gasteiger partial charge in [0.05, 0.1) is 16.9 Å². The number of benzene rings is 3. The average Bonchev–Trinajstić information content (AvgIpc) is 2.90. The van der Waals surface area contributed by atoms with Crippen LogP contribution in [0.3, 0.4) is 0 Å². The van der Waals surface area contributed by atoms with E-state index in [9.17, 15) is 28.1 Å². The van der Waals surface area contributed by atoms with Crippen molar-refractivity contribution in [2.75, 3.05) is 17.1 Å². The molecular weight excluding hydrogens is 568 g/mol. The smallest absolute Gasteiger partial charge is 0.271 e. The van der Waals surface area contributed by atoms with E-state index in [1.165, 1.54) is 17.0 Å². The maximum absolute atomic E-state index is 14.1. The average molecular weight is 601 g/mol. The molecule has 0 saturated carbocycles. The van der Waals surface area contributed by atoms with Crippen molar-refractivity contribution in [1.82, 2.24) is 10.2 Å². The zero-order valence-corrected chi connectivity index (χ0v) is 24.9. The van der Waals surface area contributed by atoms with Crippen molar-refractivity contribution in [3.63, 3.8) is 0 Å². The van der Waals surface area contributed by atoms with Crippen LogP contribution in [-0.2, 0) is 32.6 Å². The number of hydrogen-bond donors (Lipinski definition) is 1. The molecule has 3 aromatic carbocycles. The first-order valence-electron chi connectivity index (χ1n) is 12.9. The van der Waals surface area contributed by atoms with E-state index in [-0.39, 0.29) is 30.4 Å². The maximum atomic E-state index is 14.1. The number of hydrogen-bond acceptors (Lipinski definition) is 6. The summed E-state index contributed by atoms with van der Waals surface area (Å²) in [5.74, 6) is -1.06. The van der Waals surface area contributed by atoms with Gasteiger partial charge in [0.15, 0.2) is 0 Å². The third-order valence-corrected chi connectivity index (χ3v) is 7.70. The molecule has 41 heavy (non-hydrogen) atoms. The molecule has 3 aromatic rings. The molecule has 1 unspecified atom stereocenters. The van der Waals surface area contributed by atoms with Crippen LogP contribution >= 0.6 is 11.6 Å². The molecule has 0 spiro atoms. The Balaban J connectivity index is 2.10. The molecule has 218 valence electrons. The van der Waals surface area contributed by atoms with Crippen LogP contribution in [0, 0.1) is 17.0 Å². The molecule has 0 heterocycles. The van der Waals surface area contributed by atoms with Gasteiger partial charge in [-0.1, -0.05) is 60.1 Å². The number of anilines is 1. The Morgan fingerprint density at radius 3 is 2.20 bits per heavy atom. The minimum atomic E-state index is -4.07. The van der Waals surface area contributed by atoms with E-state index in [1.807, 2.05) is 30.3 Å². The van der Waals surface area contributed by atoms with Gasteiger partial charge in [-0.3, -0.25) is 24.0 Å². The van der Waals surface area contributed by atoms with Gasteiger partial charge in [0, 0.05) is 36.2 Å². The zero-order chi connectivity index (χ0) is 30.3. The first kappa shape index (κ1) is 31.6. The summed E-state index contributed by atoms with van der Waals surface area (Å²) in [5, 5.41) is 14.8. The van der Waals surface area contributed by atoms with Gasteiger partial charge in [-0.2, -0.15) is 0 Å². The lowest BCUT2D eigenvalue weighted by atomic mass is 10.0. The van der Waals surface area contributed by atoms with Gasteiger partial charge in [0.2, 0.25) is 21.8 Å². The van der Waals surface area contributed by atoms with Crippen molar-refractivity contribution < 1.29 is 22.9 Å². The third kappa shape index (κ3) is 8.76. The van der Waals surface area contributed by atoms with E-state index >= 15 is 0 Å². The fraction of sp³-hybridized carbons (Fsp3) is 0.310. The minimum Gasteiger partial charge on any atom is -0.352 e. The normalized spacial score (nSPS) is 12.0. The number of non-ortho nitro benzene ring substituents is 1. The quantitative estimate of drug-likeness (QED) is 0.241. The molecule has 12 heteroatoms. The maximum Gasteiger partial charge on any atom is 0.271 e. The summed E-state index contributed by atoms with van der Waals surface area (Å²) in [6, 6.07) is 18.6. The third-order valence-electron chi connectivity index (χ3n) is 6.32. The number of halogens is 1. The number of rotatable bonds is 12. The van der Waals surface area contributed by atoms with Crippen molar-refractivity contribution >= 4 is 44.8 Å². The van der Waals surface area contributed by atoms with Crippen LogP contribution in [0.15, 0.2) is 72.8 Å². The van der Waals surface area contributed by atoms with Crippen LogP contribution in [0.25, 0.3) is 0 Å². The van der Waals surface area contributed by atoms with Crippen molar-refractivity contribution in [3.8, 4) is 0 Å². The molecule has 0 saturated heterocycles. The van der Waals surface area contributed by atoms with E-state index in [0.29, 0.717) is 16.1 Å². The lowest BCUT2D eigenvalue weighted by Crippen LogP contribution is -2.54. The highest BCUT2D eigenvalue weighted by molar-refractivity contribution is 7.92. The van der Waals surface area contributed by atoms with Crippen molar-refractivity contribution in [2.45, 2.75) is 45.8 Å². The van der Waals surface area contributed by atoms with Gasteiger partial charge in [-0.25, -0.2) is 8.42 Å². The number of carbonyl (C=O) groups is 2. The second-order valence-electron chi connectivity index (χ2n) is 10.0. The fourth-order valence-electron chi connectivity index (χ4n) is 4.30. The first-order valence-corrected chi connectivity index (χ1v) is 15.1. The number of nitrogens with one attached hydrogen (secondary N) is 1. The summed E-state index contributed by atoms with van der Waals surface area (Å²) in [6.45, 7) is 4.53. The molecular formula is C29H33ClN4O6S. The van der Waals surface area contributed by atoms with E-state index in [2.05, 4.69) is 5.32 Å². The molecule has 0 aromatic heterocycles. The molecule has 10 nitrogen and oxygen atoms in total. The Labute approximate surface area is 245 Å². The Morgan fingerprint density at radius 2 is 1.63 bits per heavy atom. The van der Waals surface area contributed by atoms with Gasteiger partial charge in [0.25, 0.3) is 5.69 Å². The van der Waals surface area contributed by atoms with Crippen molar-refractivity contribution in [2.24, 2.45) is 0 Å². The van der Waals surface area contributed by atoms with Gasteiger partial charge in [0.1, 0.15) is 12.6 Å². The summed E-state index contributed by atoms with van der Waals surface area (Å²) in [6.07, 6.45) is 1.10. The van der Waals surface area contributed by atoms with Gasteiger partial charge >= 0.3 is 0 Å². The van der Waals surface area contributed by atoms with Crippen LogP contribution in [0.4, 0.5) is 11.4 Å². The molecule has 2 amide bonds. The number of carbonyl (C=O) groups excluding carboxylic acids is 2. The molecule has 0 aliphatic carbocycles. The lowest BCUT2D eigenvalue weighted by molar-refractivity contribution is -0.384. The summed E-state index contributed by atoms with van der Waals surface area (Å²) < 4.78 is 26.7. The molecule has 0 fully saturated rings. The standard InChI is InChI=1S/C29H33ClN4O6S/c1-20(2)31-29(36)27(16-22-8-6-5-7-9-22)32(18-23-11-13-24(30)14-12-23)28(35)19-33(41(4,39)40)26-17-25(34(37)38)15-10-21(26)3/h5-15,17,20,27H,16,18-19H2,1-4H3,(H,31,36). The van der Waals surface area contributed by atoms with Crippen LogP contribution in [0.1, 0.15) is 30.5 Å². The number of nitro groups is 1. The Morgan fingerprint density at radius 1 is 1.00 bits per heavy atom. The summed E-state index contributed by atoms with van der Waals surface area (Å²) in [5.41, 5.74) is 1.60. The number of sulfonamides is 1. The Hall–Kier alpha value is -3.96. The van der Waals surface area contributed by atoms with E-state index in [4.69, 9.17) is 11.6 Å². The first-order chi connectivity index (χ1) is 19.3.